The van der Waals surface area contributed by atoms with E-state index in [0.29, 0.717) is 28.2 Å². The highest BCUT2D eigenvalue weighted by Crippen LogP contribution is 2.31. The molecule has 0 aliphatic heterocycles. The highest BCUT2D eigenvalue weighted by atomic mass is 16.6. The van der Waals surface area contributed by atoms with Gasteiger partial charge in [-0.15, -0.1) is 10.2 Å². The van der Waals surface area contributed by atoms with Crippen molar-refractivity contribution in [1.29, 1.82) is 0 Å². The van der Waals surface area contributed by atoms with E-state index < -0.39 is 34.7 Å². The van der Waals surface area contributed by atoms with Gasteiger partial charge < -0.3 is 29.2 Å². The molecule has 0 fully saturated rings. The maximum atomic E-state index is 13.8. The largest absolute Gasteiger partial charge is 0.507 e. The molecule has 6 rings (SSSR count). The number of aromatic hydroxyl groups is 2. The van der Waals surface area contributed by atoms with Crippen LogP contribution in [0.25, 0.3) is 28.2 Å². The normalized spacial score (nSPS) is 11.7. The van der Waals surface area contributed by atoms with Gasteiger partial charge in [0, 0.05) is 23.5 Å². The molecule has 2 aromatic carbocycles. The molecule has 0 saturated heterocycles. The minimum Gasteiger partial charge on any atom is -0.507 e. The number of aromatic amines is 1. The zero-order valence-electron chi connectivity index (χ0n) is 30.4. The number of rotatable bonds is 11. The van der Waals surface area contributed by atoms with Crippen LogP contribution in [0.5, 0.6) is 11.5 Å². The van der Waals surface area contributed by atoms with Gasteiger partial charge in [0.1, 0.15) is 52.9 Å². The van der Waals surface area contributed by atoms with Gasteiger partial charge in [-0.1, -0.05) is 22.6 Å². The number of carbonyl (C=O) groups excluding carboxylic acids is 4. The Bertz CT molecular complexity index is 2220. The third-order valence-corrected chi connectivity index (χ3v) is 7.77. The lowest BCUT2D eigenvalue weighted by Gasteiger charge is -2.19. The molecule has 0 radical (unpaired) electrons. The fourth-order valence-electron chi connectivity index (χ4n) is 5.59. The van der Waals surface area contributed by atoms with Gasteiger partial charge in [-0.2, -0.15) is 0 Å². The predicted octanol–water partition coefficient (Wildman–Crippen LogP) is 4.88. The molecule has 3 N–H and O–H groups in total. The number of benzene rings is 2. The summed E-state index contributed by atoms with van der Waals surface area (Å²) >= 11 is 0. The van der Waals surface area contributed by atoms with E-state index in [1.165, 1.54) is 56.8 Å². The van der Waals surface area contributed by atoms with E-state index in [-0.39, 0.29) is 47.1 Å². The first-order chi connectivity index (χ1) is 25.5. The third kappa shape index (κ3) is 8.28. The van der Waals surface area contributed by atoms with E-state index in [4.69, 9.17) is 9.47 Å². The molecular weight excluding hydrogens is 696 g/mol. The molecule has 0 aliphatic rings. The van der Waals surface area contributed by atoms with Crippen LogP contribution >= 0.6 is 0 Å². The van der Waals surface area contributed by atoms with Crippen molar-refractivity contribution in [2.45, 2.75) is 65.8 Å². The standard InChI is InChI=1S/C38H38N8O8/c1-37(2,3)53-32(49)20-44-18-26(40-42-44)22-9-11-24(30(47)16-22)35(51)29-8-7-15-46(29)28-13-14-39-34(28)36(52)25-12-10-23(17-31(25)48)27-19-45(43-41-27)21-33(50)54-38(4,5)6/h7-19,39,47-48H,20-21H2,1-6H3. The molecule has 6 aromatic rings. The molecule has 4 heterocycles. The number of carbonyl (C=O) groups is 4. The molecule has 0 amide bonds. The Kier molecular flexibility index (Phi) is 9.78. The van der Waals surface area contributed by atoms with Crippen molar-refractivity contribution in [3.8, 4) is 39.7 Å². The summed E-state index contributed by atoms with van der Waals surface area (Å²) in [5, 5.41) is 38.0. The van der Waals surface area contributed by atoms with Gasteiger partial charge >= 0.3 is 11.9 Å². The van der Waals surface area contributed by atoms with Crippen LogP contribution in [-0.4, -0.2) is 84.5 Å². The predicted molar refractivity (Wildman–Crippen MR) is 193 cm³/mol. The molecule has 16 nitrogen and oxygen atoms in total. The smallest absolute Gasteiger partial charge is 0.328 e. The number of esters is 2. The summed E-state index contributed by atoms with van der Waals surface area (Å²) < 4.78 is 14.8. The van der Waals surface area contributed by atoms with E-state index in [9.17, 15) is 29.4 Å². The molecule has 278 valence electrons. The minimum absolute atomic E-state index is 0.000446. The van der Waals surface area contributed by atoms with Gasteiger partial charge in [0.05, 0.1) is 34.9 Å². The van der Waals surface area contributed by atoms with Gasteiger partial charge in [-0.3, -0.25) is 19.2 Å². The zero-order chi connectivity index (χ0) is 38.9. The summed E-state index contributed by atoms with van der Waals surface area (Å²) in [7, 11) is 0. The molecular formula is C38H38N8O8. The van der Waals surface area contributed by atoms with Crippen LogP contribution in [0.4, 0.5) is 0 Å². The lowest BCUT2D eigenvalue weighted by molar-refractivity contribution is -0.157. The third-order valence-electron chi connectivity index (χ3n) is 7.77. The number of hydrogen-bond donors (Lipinski definition) is 3. The van der Waals surface area contributed by atoms with Crippen LogP contribution < -0.4 is 0 Å². The first-order valence-electron chi connectivity index (χ1n) is 16.8. The number of phenolic OH excluding ortho intramolecular Hbond substituents is 2. The molecule has 0 aliphatic carbocycles. The number of H-pyrrole nitrogens is 1. The quantitative estimate of drug-likeness (QED) is 0.120. The number of ketones is 2. The average Bonchev–Trinajstić information content (AvgIpc) is 3.89. The summed E-state index contributed by atoms with van der Waals surface area (Å²) in [5.74, 6) is -2.67. The molecule has 54 heavy (non-hydrogen) atoms. The van der Waals surface area contributed by atoms with Gasteiger partial charge in [-0.05, 0) is 84.0 Å². The number of phenols is 2. The Morgan fingerprint density at radius 1 is 0.704 bits per heavy atom. The molecule has 16 heteroatoms. The Morgan fingerprint density at radius 2 is 1.20 bits per heavy atom. The second kappa shape index (κ2) is 14.3. The van der Waals surface area contributed by atoms with E-state index in [0.717, 1.165) is 0 Å². The molecule has 0 saturated carbocycles. The number of hydrogen-bond acceptors (Lipinski definition) is 12. The zero-order valence-corrected chi connectivity index (χ0v) is 30.4. The Labute approximate surface area is 309 Å². The summed E-state index contributed by atoms with van der Waals surface area (Å²) in [4.78, 5) is 54.9. The Morgan fingerprint density at radius 3 is 1.69 bits per heavy atom. The van der Waals surface area contributed by atoms with Gasteiger partial charge in [0.15, 0.2) is 0 Å². The number of nitrogens with one attached hydrogen (secondary N) is 1. The monoisotopic (exact) mass is 734 g/mol. The van der Waals surface area contributed by atoms with Crippen LogP contribution in [0.2, 0.25) is 0 Å². The molecule has 0 spiro atoms. The second-order valence-corrected chi connectivity index (χ2v) is 14.4. The summed E-state index contributed by atoms with van der Waals surface area (Å²) in [6, 6.07) is 13.6. The summed E-state index contributed by atoms with van der Waals surface area (Å²) in [6.07, 6.45) is 6.19. The average molecular weight is 735 g/mol. The Hall–Kier alpha value is -6.84. The first-order valence-corrected chi connectivity index (χ1v) is 16.8. The van der Waals surface area contributed by atoms with Crippen LogP contribution in [0.1, 0.15) is 73.6 Å². The highest BCUT2D eigenvalue weighted by Gasteiger charge is 2.25. The van der Waals surface area contributed by atoms with Crippen molar-refractivity contribution in [2.24, 2.45) is 0 Å². The molecule has 0 bridgehead atoms. The SMILES string of the molecule is CC(C)(C)OC(=O)Cn1cc(-c2ccc(C(=O)c3[nH]ccc3-n3cccc3C(=O)c3ccc(-c4cn(CC(=O)OC(C)(C)C)nn4)cc3O)c(O)c2)nn1. The maximum Gasteiger partial charge on any atom is 0.328 e. The van der Waals surface area contributed by atoms with Crippen LogP contribution in [0.15, 0.2) is 79.4 Å². The van der Waals surface area contributed by atoms with Crippen molar-refractivity contribution in [3.63, 3.8) is 0 Å². The van der Waals surface area contributed by atoms with E-state index >= 15 is 0 Å². The first kappa shape index (κ1) is 36.9. The number of nitrogens with zero attached hydrogens (tertiary/aromatic N) is 7. The molecule has 4 aromatic heterocycles. The fourth-order valence-corrected chi connectivity index (χ4v) is 5.59. The van der Waals surface area contributed by atoms with Crippen molar-refractivity contribution in [2.75, 3.05) is 0 Å². The fraction of sp³-hybridized carbons (Fsp3) is 0.263. The Balaban J connectivity index is 1.18. The second-order valence-electron chi connectivity index (χ2n) is 14.4. The maximum absolute atomic E-state index is 13.8. The summed E-state index contributed by atoms with van der Waals surface area (Å²) in [5.41, 5.74) is 0.925. The van der Waals surface area contributed by atoms with Gasteiger partial charge in [0.2, 0.25) is 11.6 Å². The van der Waals surface area contributed by atoms with Crippen molar-refractivity contribution < 1.29 is 38.9 Å². The van der Waals surface area contributed by atoms with Gasteiger partial charge in [-0.25, -0.2) is 9.36 Å². The lowest BCUT2D eigenvalue weighted by Crippen LogP contribution is -2.26. The molecule has 0 unspecified atom stereocenters. The van der Waals surface area contributed by atoms with Crippen LogP contribution in [-0.2, 0) is 32.2 Å². The van der Waals surface area contributed by atoms with E-state index in [1.54, 1.807) is 78.1 Å². The number of ether oxygens (including phenoxy) is 2. The number of aromatic nitrogens is 8. The topological polar surface area (TPSA) is 209 Å². The van der Waals surface area contributed by atoms with Crippen LogP contribution in [0, 0.1) is 0 Å². The van der Waals surface area contributed by atoms with Crippen LogP contribution in [0.3, 0.4) is 0 Å². The van der Waals surface area contributed by atoms with Gasteiger partial charge in [0.25, 0.3) is 0 Å². The van der Waals surface area contributed by atoms with E-state index in [2.05, 4.69) is 25.6 Å². The van der Waals surface area contributed by atoms with Crippen molar-refractivity contribution >= 4 is 23.5 Å². The lowest BCUT2D eigenvalue weighted by atomic mass is 10.0. The van der Waals surface area contributed by atoms with Crippen molar-refractivity contribution in [3.05, 3.63) is 102 Å². The highest BCUT2D eigenvalue weighted by molar-refractivity contribution is 6.13. The minimum atomic E-state index is -0.652. The molecule has 0 atom stereocenters. The van der Waals surface area contributed by atoms with Crippen molar-refractivity contribution in [1.82, 2.24) is 39.5 Å². The summed E-state index contributed by atoms with van der Waals surface area (Å²) in [6.45, 7) is 10.3. The van der Waals surface area contributed by atoms with E-state index in [1.807, 2.05) is 0 Å².